The number of halogens is 1. The van der Waals surface area contributed by atoms with Crippen LogP contribution in [0.4, 0.5) is 10.5 Å². The van der Waals surface area contributed by atoms with Crippen molar-refractivity contribution in [1.29, 1.82) is 0 Å². The molecule has 0 atom stereocenters. The normalized spacial score (nSPS) is 10.6. The molecule has 0 aliphatic rings. The van der Waals surface area contributed by atoms with Crippen molar-refractivity contribution in [3.8, 4) is 17.1 Å². The molecule has 202 valence electrons. The smallest absolute Gasteiger partial charge is 0.411 e. The molecular weight excluding hydrogens is 520 g/mol. The lowest BCUT2D eigenvalue weighted by molar-refractivity contribution is -0.142. The van der Waals surface area contributed by atoms with Gasteiger partial charge >= 0.3 is 12.1 Å². The number of aromatic nitrogens is 1. The van der Waals surface area contributed by atoms with Crippen molar-refractivity contribution in [3.05, 3.63) is 100 Å². The number of nitrogens with zero attached hydrogens (tertiary/aromatic N) is 1. The Kier molecular flexibility index (Phi) is 9.58. The first-order valence-corrected chi connectivity index (χ1v) is 12.9. The number of nitrogens with one attached hydrogen (secondary N) is 1. The monoisotopic (exact) mass is 548 g/mol. The number of carbonyl (C=O) groups is 2. The summed E-state index contributed by atoms with van der Waals surface area (Å²) in [7, 11) is 0. The summed E-state index contributed by atoms with van der Waals surface area (Å²) in [5.74, 6) is 0.747. The molecule has 0 aliphatic heterocycles. The van der Waals surface area contributed by atoms with Crippen LogP contribution >= 0.6 is 11.6 Å². The molecular formula is C30H29ClN2O6. The average molecular weight is 549 g/mol. The van der Waals surface area contributed by atoms with Crippen LogP contribution in [-0.2, 0) is 33.7 Å². The van der Waals surface area contributed by atoms with E-state index in [0.29, 0.717) is 47.5 Å². The molecule has 1 amide bonds. The molecule has 1 aromatic heterocycles. The van der Waals surface area contributed by atoms with E-state index in [-0.39, 0.29) is 19.0 Å². The van der Waals surface area contributed by atoms with Crippen molar-refractivity contribution in [2.45, 2.75) is 33.3 Å². The van der Waals surface area contributed by atoms with E-state index in [0.717, 1.165) is 22.3 Å². The summed E-state index contributed by atoms with van der Waals surface area (Å²) >= 11 is 6.16. The summed E-state index contributed by atoms with van der Waals surface area (Å²) < 4.78 is 21.9. The molecule has 1 heterocycles. The van der Waals surface area contributed by atoms with Gasteiger partial charge in [0.2, 0.25) is 0 Å². The average Bonchev–Trinajstić information content (AvgIpc) is 3.29. The van der Waals surface area contributed by atoms with Gasteiger partial charge in [-0.2, -0.15) is 0 Å². The molecule has 0 spiro atoms. The Balaban J connectivity index is 1.35. The second-order valence-corrected chi connectivity index (χ2v) is 9.06. The van der Waals surface area contributed by atoms with Crippen molar-refractivity contribution in [2.24, 2.45) is 0 Å². The topological polar surface area (TPSA) is 99.9 Å². The molecule has 39 heavy (non-hydrogen) atoms. The fourth-order valence-corrected chi connectivity index (χ4v) is 4.11. The largest absolute Gasteiger partial charge is 0.489 e. The highest BCUT2D eigenvalue weighted by Crippen LogP contribution is 2.31. The highest BCUT2D eigenvalue weighted by molar-refractivity contribution is 6.31. The van der Waals surface area contributed by atoms with Gasteiger partial charge in [-0.15, -0.1) is 0 Å². The number of amides is 1. The number of benzene rings is 3. The molecule has 0 aliphatic carbocycles. The summed E-state index contributed by atoms with van der Waals surface area (Å²) in [6, 6.07) is 22.3. The van der Waals surface area contributed by atoms with E-state index in [1.165, 1.54) is 0 Å². The predicted octanol–water partition coefficient (Wildman–Crippen LogP) is 6.78. The Morgan fingerprint density at radius 1 is 0.949 bits per heavy atom. The Hall–Kier alpha value is -4.30. The van der Waals surface area contributed by atoms with Crippen LogP contribution in [0.15, 0.2) is 77.3 Å². The summed E-state index contributed by atoms with van der Waals surface area (Å²) in [6.07, 6.45) is 0.0342. The maximum atomic E-state index is 12.4. The number of esters is 1. The molecule has 0 fully saturated rings. The van der Waals surface area contributed by atoms with Gasteiger partial charge in [0, 0.05) is 22.6 Å². The first kappa shape index (κ1) is 27.7. The third kappa shape index (κ3) is 7.61. The van der Waals surface area contributed by atoms with Crippen molar-refractivity contribution < 1.29 is 28.3 Å². The minimum Gasteiger partial charge on any atom is -0.489 e. The number of ether oxygens (including phenoxy) is 3. The first-order chi connectivity index (χ1) is 18.9. The van der Waals surface area contributed by atoms with Crippen LogP contribution < -0.4 is 10.1 Å². The highest BCUT2D eigenvalue weighted by atomic mass is 35.5. The lowest BCUT2D eigenvalue weighted by atomic mass is 10.1. The number of aryl methyl sites for hydroxylation is 1. The van der Waals surface area contributed by atoms with Gasteiger partial charge in [0.05, 0.1) is 19.6 Å². The number of para-hydroxylation sites is 1. The summed E-state index contributed by atoms with van der Waals surface area (Å²) in [5, 5.41) is 7.38. The summed E-state index contributed by atoms with van der Waals surface area (Å²) in [6.45, 7) is 4.33. The van der Waals surface area contributed by atoms with E-state index < -0.39 is 6.09 Å². The Morgan fingerprint density at radius 3 is 2.41 bits per heavy atom. The first-order valence-electron chi connectivity index (χ1n) is 12.5. The molecule has 4 rings (SSSR count). The molecule has 1 N–H and O–H groups in total. The zero-order valence-electron chi connectivity index (χ0n) is 21.7. The van der Waals surface area contributed by atoms with Crippen molar-refractivity contribution in [1.82, 2.24) is 5.16 Å². The molecule has 0 unspecified atom stereocenters. The molecule has 8 nitrogen and oxygen atoms in total. The third-order valence-corrected chi connectivity index (χ3v) is 6.24. The maximum Gasteiger partial charge on any atom is 0.411 e. The van der Waals surface area contributed by atoms with E-state index in [1.54, 1.807) is 19.9 Å². The van der Waals surface area contributed by atoms with Gasteiger partial charge in [0.1, 0.15) is 23.7 Å². The predicted molar refractivity (Wildman–Crippen MR) is 148 cm³/mol. The van der Waals surface area contributed by atoms with Crippen LogP contribution in [0.5, 0.6) is 5.75 Å². The zero-order valence-corrected chi connectivity index (χ0v) is 22.5. The Bertz CT molecular complexity index is 1420. The molecule has 3 aromatic carbocycles. The molecule has 0 radical (unpaired) electrons. The van der Waals surface area contributed by atoms with Crippen LogP contribution in [0.1, 0.15) is 29.3 Å². The van der Waals surface area contributed by atoms with Crippen molar-refractivity contribution >= 4 is 29.4 Å². The van der Waals surface area contributed by atoms with Gasteiger partial charge < -0.3 is 18.7 Å². The fourth-order valence-electron chi connectivity index (χ4n) is 3.88. The SMILES string of the molecule is CCOC(=O)Cc1ccccc1OCc1ccc(-c2onc(C)c2NC(=O)OCCc2ccccc2Cl)cc1. The van der Waals surface area contributed by atoms with E-state index in [2.05, 4.69) is 10.5 Å². The number of rotatable bonds is 11. The van der Waals surface area contributed by atoms with Gasteiger partial charge in [-0.3, -0.25) is 10.1 Å². The van der Waals surface area contributed by atoms with Crippen molar-refractivity contribution in [3.63, 3.8) is 0 Å². The lowest BCUT2D eigenvalue weighted by Crippen LogP contribution is -2.16. The maximum absolute atomic E-state index is 12.4. The number of anilines is 1. The molecule has 0 saturated carbocycles. The van der Waals surface area contributed by atoms with Crippen LogP contribution in [0, 0.1) is 6.92 Å². The van der Waals surface area contributed by atoms with Crippen molar-refractivity contribution in [2.75, 3.05) is 18.5 Å². The van der Waals surface area contributed by atoms with Crippen LogP contribution in [-0.4, -0.2) is 30.4 Å². The molecule has 4 aromatic rings. The van der Waals surface area contributed by atoms with E-state index in [1.807, 2.05) is 66.7 Å². The minimum absolute atomic E-state index is 0.145. The van der Waals surface area contributed by atoms with E-state index >= 15 is 0 Å². The van der Waals surface area contributed by atoms with Crippen LogP contribution in [0.2, 0.25) is 5.02 Å². The van der Waals surface area contributed by atoms with Gasteiger partial charge in [-0.05, 0) is 37.1 Å². The van der Waals surface area contributed by atoms with Crippen LogP contribution in [0.3, 0.4) is 0 Å². The van der Waals surface area contributed by atoms with Crippen LogP contribution in [0.25, 0.3) is 11.3 Å². The second kappa shape index (κ2) is 13.5. The van der Waals surface area contributed by atoms with E-state index in [9.17, 15) is 9.59 Å². The van der Waals surface area contributed by atoms with Gasteiger partial charge in [-0.1, -0.05) is 77.4 Å². The number of carbonyl (C=O) groups excluding carboxylic acids is 2. The molecule has 9 heteroatoms. The van der Waals surface area contributed by atoms with Gasteiger partial charge in [0.15, 0.2) is 5.76 Å². The van der Waals surface area contributed by atoms with Gasteiger partial charge in [0.25, 0.3) is 0 Å². The molecule has 0 saturated heterocycles. The Morgan fingerprint density at radius 2 is 1.67 bits per heavy atom. The standard InChI is InChI=1S/C30H29ClN2O6/c1-3-36-27(34)18-24-9-5-7-11-26(24)38-19-21-12-14-23(15-13-21)29-28(20(2)33-39-29)32-30(35)37-17-16-22-8-4-6-10-25(22)31/h4-15H,3,16-19H2,1-2H3,(H,32,35). The zero-order chi connectivity index (χ0) is 27.6. The lowest BCUT2D eigenvalue weighted by Gasteiger charge is -2.12. The Labute approximate surface area is 231 Å². The van der Waals surface area contributed by atoms with Gasteiger partial charge in [-0.25, -0.2) is 4.79 Å². The summed E-state index contributed by atoms with van der Waals surface area (Å²) in [4.78, 5) is 24.3. The second-order valence-electron chi connectivity index (χ2n) is 8.65. The minimum atomic E-state index is -0.610. The quantitative estimate of drug-likeness (QED) is 0.206. The summed E-state index contributed by atoms with van der Waals surface area (Å²) in [5.41, 5.74) is 4.27. The molecule has 0 bridgehead atoms. The highest BCUT2D eigenvalue weighted by Gasteiger charge is 2.18. The third-order valence-electron chi connectivity index (χ3n) is 5.88. The number of hydrogen-bond donors (Lipinski definition) is 1. The number of hydrogen-bond acceptors (Lipinski definition) is 7. The van der Waals surface area contributed by atoms with E-state index in [4.69, 9.17) is 30.3 Å². The fraction of sp³-hybridized carbons (Fsp3) is 0.233.